The first-order valence-corrected chi connectivity index (χ1v) is 5.71. The van der Waals surface area contributed by atoms with Crippen LogP contribution in [0.25, 0.3) is 0 Å². The Morgan fingerprint density at radius 3 is 1.79 bits per heavy atom. The van der Waals surface area contributed by atoms with Crippen LogP contribution in [0.4, 0.5) is 17.6 Å². The van der Waals surface area contributed by atoms with Gasteiger partial charge in [-0.1, -0.05) is 41.9 Å². The molecular formula is C12H5Cl2F4N. The lowest BCUT2D eigenvalue weighted by Crippen LogP contribution is -2.29. The zero-order chi connectivity index (χ0) is 14.2. The van der Waals surface area contributed by atoms with Crippen molar-refractivity contribution >= 4 is 29.1 Å². The minimum Gasteiger partial charge on any atom is -0.206 e. The SMILES string of the molecule is FC1=C(F)C(Cl)(c2ccccc2)C(F)=C(F)C1=NCl. The highest BCUT2D eigenvalue weighted by molar-refractivity contribution is 6.32. The largest absolute Gasteiger partial charge is 0.206 e. The van der Waals surface area contributed by atoms with Gasteiger partial charge in [0.25, 0.3) is 0 Å². The zero-order valence-electron chi connectivity index (χ0n) is 9.10. The summed E-state index contributed by atoms with van der Waals surface area (Å²) in [4.78, 5) is -2.68. The normalized spacial score (nSPS) is 24.0. The van der Waals surface area contributed by atoms with Crippen molar-refractivity contribution < 1.29 is 17.6 Å². The summed E-state index contributed by atoms with van der Waals surface area (Å²) < 4.78 is 57.8. The van der Waals surface area contributed by atoms with Gasteiger partial charge in [0.15, 0.2) is 33.9 Å². The molecule has 0 heterocycles. The highest BCUT2D eigenvalue weighted by Gasteiger charge is 2.50. The second kappa shape index (κ2) is 4.98. The van der Waals surface area contributed by atoms with Crippen molar-refractivity contribution in [1.29, 1.82) is 0 Å². The van der Waals surface area contributed by atoms with Crippen molar-refractivity contribution in [2.75, 3.05) is 0 Å². The summed E-state index contributed by atoms with van der Waals surface area (Å²) in [5.41, 5.74) is -1.39. The van der Waals surface area contributed by atoms with Gasteiger partial charge >= 0.3 is 0 Å². The Hall–Kier alpha value is -1.33. The molecule has 0 bridgehead atoms. The van der Waals surface area contributed by atoms with Crippen LogP contribution in [0.1, 0.15) is 5.56 Å². The van der Waals surface area contributed by atoms with Crippen LogP contribution in [0.3, 0.4) is 0 Å². The van der Waals surface area contributed by atoms with Crippen molar-refractivity contribution in [2.24, 2.45) is 4.51 Å². The Morgan fingerprint density at radius 2 is 1.37 bits per heavy atom. The summed E-state index contributed by atoms with van der Waals surface area (Å²) in [6.45, 7) is 0. The summed E-state index contributed by atoms with van der Waals surface area (Å²) >= 11 is 10.7. The first kappa shape index (κ1) is 14.1. The fraction of sp³-hybridized carbons (Fsp3) is 0.0833. The van der Waals surface area contributed by atoms with E-state index in [1.807, 2.05) is 0 Å². The zero-order valence-corrected chi connectivity index (χ0v) is 10.6. The number of alkyl halides is 1. The molecule has 1 aliphatic rings. The molecule has 0 N–H and O–H groups in total. The topological polar surface area (TPSA) is 12.4 Å². The molecule has 1 nitrogen and oxygen atoms in total. The number of allylic oxidation sites excluding steroid dienone is 4. The van der Waals surface area contributed by atoms with Gasteiger partial charge in [0.2, 0.25) is 0 Å². The molecule has 1 aliphatic carbocycles. The average Bonchev–Trinajstić information content (AvgIpc) is 2.44. The van der Waals surface area contributed by atoms with Crippen LogP contribution in [-0.4, -0.2) is 5.71 Å². The lowest BCUT2D eigenvalue weighted by molar-refractivity contribution is 0.412. The Labute approximate surface area is 116 Å². The Balaban J connectivity index is 2.74. The van der Waals surface area contributed by atoms with E-state index < -0.39 is 33.9 Å². The van der Waals surface area contributed by atoms with Gasteiger partial charge in [0.1, 0.15) is 0 Å². The summed E-state index contributed by atoms with van der Waals surface area (Å²) in [5.74, 6) is -6.85. The second-order valence-electron chi connectivity index (χ2n) is 3.71. The molecule has 0 saturated carbocycles. The van der Waals surface area contributed by atoms with Gasteiger partial charge < -0.3 is 0 Å². The number of hydrogen-bond acceptors (Lipinski definition) is 1. The Morgan fingerprint density at radius 1 is 0.895 bits per heavy atom. The van der Waals surface area contributed by atoms with Crippen molar-refractivity contribution in [3.63, 3.8) is 0 Å². The molecule has 0 aromatic heterocycles. The molecule has 0 fully saturated rings. The predicted molar refractivity (Wildman–Crippen MR) is 65.7 cm³/mol. The number of halogens is 6. The fourth-order valence-electron chi connectivity index (χ4n) is 1.70. The molecule has 0 saturated heterocycles. The average molecular weight is 310 g/mol. The van der Waals surface area contributed by atoms with E-state index in [9.17, 15) is 17.6 Å². The summed E-state index contributed by atoms with van der Waals surface area (Å²) in [7, 11) is 0. The van der Waals surface area contributed by atoms with Gasteiger partial charge in [-0.05, 0) is 5.56 Å². The van der Waals surface area contributed by atoms with Crippen molar-refractivity contribution in [2.45, 2.75) is 4.87 Å². The molecule has 0 unspecified atom stereocenters. The molecular weight excluding hydrogens is 305 g/mol. The first-order chi connectivity index (χ1) is 8.94. The lowest BCUT2D eigenvalue weighted by atomic mass is 9.89. The maximum atomic E-state index is 14.0. The minimum atomic E-state index is -2.68. The van der Waals surface area contributed by atoms with E-state index in [2.05, 4.69) is 4.51 Å². The van der Waals surface area contributed by atoms with Gasteiger partial charge in [-0.25, -0.2) is 17.6 Å². The van der Waals surface area contributed by atoms with E-state index >= 15 is 0 Å². The maximum absolute atomic E-state index is 14.0. The van der Waals surface area contributed by atoms with Gasteiger partial charge in [-0.15, -0.1) is 0 Å². The molecule has 7 heteroatoms. The maximum Gasteiger partial charge on any atom is 0.187 e. The third kappa shape index (κ3) is 1.97. The summed E-state index contributed by atoms with van der Waals surface area (Å²) in [6, 6.07) is 6.92. The molecule has 2 rings (SSSR count). The highest BCUT2D eigenvalue weighted by Crippen LogP contribution is 2.51. The van der Waals surface area contributed by atoms with E-state index in [0.29, 0.717) is 0 Å². The highest BCUT2D eigenvalue weighted by atomic mass is 35.5. The van der Waals surface area contributed by atoms with E-state index in [1.165, 1.54) is 24.3 Å². The molecule has 0 atom stereocenters. The van der Waals surface area contributed by atoms with E-state index in [-0.39, 0.29) is 5.56 Å². The standard InChI is InChI=1S/C12H5Cl2F4N/c13-12(6-4-2-1-3-5-6)10(17)7(15)9(19-14)8(16)11(12)18/h1-5H. The van der Waals surface area contributed by atoms with Gasteiger partial charge in [-0.3, -0.25) is 0 Å². The van der Waals surface area contributed by atoms with E-state index in [0.717, 1.165) is 0 Å². The molecule has 1 aromatic carbocycles. The fourth-order valence-corrected chi connectivity index (χ4v) is 2.14. The van der Waals surface area contributed by atoms with Gasteiger partial charge in [0, 0.05) is 11.8 Å². The molecule has 1 aromatic rings. The number of nitrogens with zero attached hydrogens (tertiary/aromatic N) is 1. The third-order valence-electron chi connectivity index (χ3n) is 2.66. The number of hydrogen-bond donors (Lipinski definition) is 0. The number of benzene rings is 1. The Kier molecular flexibility index (Phi) is 3.69. The monoisotopic (exact) mass is 309 g/mol. The van der Waals surface area contributed by atoms with Crippen LogP contribution in [0, 0.1) is 0 Å². The molecule has 0 aliphatic heterocycles. The molecule has 100 valence electrons. The molecule has 19 heavy (non-hydrogen) atoms. The lowest BCUT2D eigenvalue weighted by Gasteiger charge is -2.28. The third-order valence-corrected chi connectivity index (χ3v) is 3.38. The van der Waals surface area contributed by atoms with Crippen LogP contribution in [0.15, 0.2) is 58.2 Å². The Bertz CT molecular complexity index is 579. The molecule has 0 radical (unpaired) electrons. The van der Waals surface area contributed by atoms with E-state index in [4.69, 9.17) is 23.4 Å². The summed E-state index contributed by atoms with van der Waals surface area (Å²) in [6.07, 6.45) is 0. The second-order valence-corrected chi connectivity index (χ2v) is 4.45. The smallest absolute Gasteiger partial charge is 0.187 e. The summed E-state index contributed by atoms with van der Waals surface area (Å²) in [5, 5.41) is 0. The first-order valence-electron chi connectivity index (χ1n) is 5.00. The van der Waals surface area contributed by atoms with Crippen LogP contribution in [0.2, 0.25) is 0 Å². The van der Waals surface area contributed by atoms with Gasteiger partial charge in [-0.2, -0.15) is 4.51 Å². The van der Waals surface area contributed by atoms with Crippen LogP contribution >= 0.6 is 23.4 Å². The molecule has 0 amide bonds. The van der Waals surface area contributed by atoms with E-state index in [1.54, 1.807) is 6.07 Å². The van der Waals surface area contributed by atoms with Crippen LogP contribution in [-0.2, 0) is 4.87 Å². The van der Waals surface area contributed by atoms with Crippen molar-refractivity contribution in [3.8, 4) is 0 Å². The minimum absolute atomic E-state index is 0.148. The number of rotatable bonds is 1. The van der Waals surface area contributed by atoms with Crippen molar-refractivity contribution in [3.05, 3.63) is 59.2 Å². The van der Waals surface area contributed by atoms with Gasteiger partial charge in [0.05, 0.1) is 0 Å². The quantitative estimate of drug-likeness (QED) is 0.509. The van der Waals surface area contributed by atoms with Crippen molar-refractivity contribution in [1.82, 2.24) is 0 Å². The van der Waals surface area contributed by atoms with Crippen LogP contribution < -0.4 is 0 Å². The van der Waals surface area contributed by atoms with Crippen LogP contribution in [0.5, 0.6) is 0 Å². The predicted octanol–water partition coefficient (Wildman–Crippen LogP) is 5.03. The molecule has 0 spiro atoms.